The molecule has 0 aromatic heterocycles. The predicted octanol–water partition coefficient (Wildman–Crippen LogP) is 18.5. The summed E-state index contributed by atoms with van der Waals surface area (Å²) in [6, 6.07) is 53.7. The molecule has 0 radical (unpaired) electrons. The van der Waals surface area contributed by atoms with Gasteiger partial charge in [0.25, 0.3) is 0 Å². The first-order chi connectivity index (χ1) is 32.3. The van der Waals surface area contributed by atoms with Gasteiger partial charge >= 0.3 is 0 Å². The van der Waals surface area contributed by atoms with Crippen molar-refractivity contribution < 1.29 is 0 Å². The fraction of sp³-hybridized carbons (Fsp3) is 0.375. The second-order valence-corrected chi connectivity index (χ2v) is 35.0. The van der Waals surface area contributed by atoms with Gasteiger partial charge in [-0.25, -0.2) is 0 Å². The molecule has 0 heterocycles. The summed E-state index contributed by atoms with van der Waals surface area (Å²) in [5.41, 5.74) is 13.4. The Kier molecular flexibility index (Phi) is 11.9. The standard InChI is InChI=1S/C64H76N2Si2/c1-63(2,3)45-21-25-47(26-22-45)65(49-29-33-51(34-30-49)67(7,8)9)59-41-57(43-17-13-14-18-43)53-38-40-56-60(42-58(44-19-15-16-20-44)54-37-39-55(59)61(53)62(54)56)66(48-27-23-46(24-28-48)64(4,5)6)50-31-35-52(36-32-50)68(10,11)12/h21-44H,13-20H2,1-12H3. The second-order valence-electron chi connectivity index (χ2n) is 24.9. The molecule has 0 atom stereocenters. The Balaban J connectivity index is 1.30. The molecule has 0 bridgehead atoms. The van der Waals surface area contributed by atoms with Crippen LogP contribution in [-0.4, -0.2) is 16.1 Å². The SMILES string of the molecule is CC(C)(C)c1ccc(N(c2ccc([Si](C)(C)C)cc2)c2cc(C3CCCC3)c3ccc4c(N(c5ccc(C(C)(C)C)cc5)c5ccc([Si](C)(C)C)cc5)cc(C5CCCC5)c5ccc2c3c54)cc1. The highest BCUT2D eigenvalue weighted by molar-refractivity contribution is 6.89. The molecule has 2 nitrogen and oxygen atoms in total. The third-order valence-corrected chi connectivity index (χ3v) is 20.1. The van der Waals surface area contributed by atoms with E-state index < -0.39 is 16.1 Å². The third kappa shape index (κ3) is 8.63. The zero-order valence-corrected chi connectivity index (χ0v) is 45.4. The minimum absolute atomic E-state index is 0.0680. The Bertz CT molecular complexity index is 2740. The van der Waals surface area contributed by atoms with Crippen LogP contribution in [-0.2, 0) is 10.8 Å². The molecule has 2 fully saturated rings. The van der Waals surface area contributed by atoms with Gasteiger partial charge in [0.15, 0.2) is 0 Å². The number of nitrogens with zero attached hydrogens (tertiary/aromatic N) is 2. The molecule has 8 aromatic carbocycles. The lowest BCUT2D eigenvalue weighted by Crippen LogP contribution is -2.37. The summed E-state index contributed by atoms with van der Waals surface area (Å²) in [7, 11) is -3.03. The van der Waals surface area contributed by atoms with Gasteiger partial charge in [0, 0.05) is 33.5 Å². The van der Waals surface area contributed by atoms with Gasteiger partial charge in [0.2, 0.25) is 0 Å². The lowest BCUT2D eigenvalue weighted by atomic mass is 9.82. The van der Waals surface area contributed by atoms with Gasteiger partial charge in [0.1, 0.15) is 0 Å². The summed E-state index contributed by atoms with van der Waals surface area (Å²) < 4.78 is 0. The highest BCUT2D eigenvalue weighted by Gasteiger charge is 2.31. The molecule has 8 aromatic rings. The zero-order valence-electron chi connectivity index (χ0n) is 43.4. The van der Waals surface area contributed by atoms with Crippen LogP contribution in [0.4, 0.5) is 34.1 Å². The maximum absolute atomic E-state index is 2.63. The van der Waals surface area contributed by atoms with Gasteiger partial charge in [-0.2, -0.15) is 0 Å². The smallest absolute Gasteiger partial charge is 0.0775 e. The second kappa shape index (κ2) is 17.4. The van der Waals surface area contributed by atoms with Crippen molar-refractivity contribution in [2.24, 2.45) is 0 Å². The molecule has 0 saturated heterocycles. The summed E-state index contributed by atoms with van der Waals surface area (Å²) in [5.74, 6) is 1.07. The van der Waals surface area contributed by atoms with Gasteiger partial charge in [-0.15, -0.1) is 0 Å². The molecule has 2 aliphatic rings. The zero-order chi connectivity index (χ0) is 47.9. The molecule has 0 unspecified atom stereocenters. The number of anilines is 6. The molecular weight excluding hydrogens is 853 g/mol. The van der Waals surface area contributed by atoms with E-state index >= 15 is 0 Å². The minimum atomic E-state index is -1.52. The molecule has 2 saturated carbocycles. The summed E-state index contributed by atoms with van der Waals surface area (Å²) in [6.07, 6.45) is 10.2. The monoisotopic (exact) mass is 929 g/mol. The molecule has 0 aliphatic heterocycles. The van der Waals surface area contributed by atoms with E-state index in [-0.39, 0.29) is 10.8 Å². The Morgan fingerprint density at radius 2 is 0.647 bits per heavy atom. The van der Waals surface area contributed by atoms with Crippen LogP contribution in [0, 0.1) is 0 Å². The maximum Gasteiger partial charge on any atom is 0.0775 e. The largest absolute Gasteiger partial charge is 0.310 e. The van der Waals surface area contributed by atoms with E-state index in [4.69, 9.17) is 0 Å². The third-order valence-electron chi connectivity index (χ3n) is 16.0. The summed E-state index contributed by atoms with van der Waals surface area (Å²) in [4.78, 5) is 5.21. The predicted molar refractivity (Wildman–Crippen MR) is 305 cm³/mol. The van der Waals surface area contributed by atoms with E-state index in [9.17, 15) is 0 Å². The van der Waals surface area contributed by atoms with Gasteiger partial charge in [0.05, 0.1) is 27.5 Å². The fourth-order valence-electron chi connectivity index (χ4n) is 11.8. The fourth-order valence-corrected chi connectivity index (χ4v) is 14.2. The van der Waals surface area contributed by atoms with Crippen molar-refractivity contribution in [3.05, 3.63) is 156 Å². The van der Waals surface area contributed by atoms with E-state index in [0.717, 1.165) is 0 Å². The first-order valence-corrected chi connectivity index (χ1v) is 33.1. The van der Waals surface area contributed by atoms with E-state index in [0.29, 0.717) is 11.8 Å². The summed E-state index contributed by atoms with van der Waals surface area (Å²) >= 11 is 0. The molecule has 10 rings (SSSR count). The van der Waals surface area contributed by atoms with Crippen molar-refractivity contribution in [3.8, 4) is 0 Å². The topological polar surface area (TPSA) is 6.48 Å². The van der Waals surface area contributed by atoms with Crippen LogP contribution < -0.4 is 20.2 Å². The number of benzene rings is 8. The van der Waals surface area contributed by atoms with Crippen LogP contribution >= 0.6 is 0 Å². The van der Waals surface area contributed by atoms with Crippen molar-refractivity contribution in [1.29, 1.82) is 0 Å². The summed E-state index contributed by atoms with van der Waals surface area (Å²) in [5, 5.41) is 11.4. The molecule has 0 spiro atoms. The van der Waals surface area contributed by atoms with Crippen LogP contribution in [0.1, 0.15) is 127 Å². The van der Waals surface area contributed by atoms with Crippen molar-refractivity contribution in [3.63, 3.8) is 0 Å². The van der Waals surface area contributed by atoms with Gasteiger partial charge in [-0.05, 0) is 153 Å². The lowest BCUT2D eigenvalue weighted by Gasteiger charge is -2.32. The Morgan fingerprint density at radius 1 is 0.368 bits per heavy atom. The van der Waals surface area contributed by atoms with Crippen LogP contribution in [0.3, 0.4) is 0 Å². The van der Waals surface area contributed by atoms with Crippen LogP contribution in [0.25, 0.3) is 32.3 Å². The van der Waals surface area contributed by atoms with Gasteiger partial charge in [-0.3, -0.25) is 0 Å². The van der Waals surface area contributed by atoms with E-state index in [1.807, 2.05) is 0 Å². The molecule has 0 N–H and O–H groups in total. The van der Waals surface area contributed by atoms with E-state index in [2.05, 4.69) is 224 Å². The van der Waals surface area contributed by atoms with E-state index in [1.165, 1.54) is 150 Å². The first-order valence-electron chi connectivity index (χ1n) is 26.1. The number of rotatable bonds is 10. The lowest BCUT2D eigenvalue weighted by molar-refractivity contribution is 0.590. The molecule has 350 valence electrons. The normalized spacial score (nSPS) is 15.6. The highest BCUT2D eigenvalue weighted by Crippen LogP contribution is 2.53. The number of hydrogen-bond acceptors (Lipinski definition) is 2. The Morgan fingerprint density at radius 3 is 0.926 bits per heavy atom. The minimum Gasteiger partial charge on any atom is -0.310 e. The average Bonchev–Trinajstić information content (AvgIpc) is 4.05. The maximum atomic E-state index is 2.63. The first kappa shape index (κ1) is 46.6. The average molecular weight is 929 g/mol. The van der Waals surface area contributed by atoms with Crippen molar-refractivity contribution in [2.75, 3.05) is 9.80 Å². The van der Waals surface area contributed by atoms with E-state index in [1.54, 1.807) is 0 Å². The quantitative estimate of drug-likeness (QED) is 0.0996. The number of hydrogen-bond donors (Lipinski definition) is 0. The molecule has 2 aliphatic carbocycles. The van der Waals surface area contributed by atoms with Crippen LogP contribution in [0.15, 0.2) is 133 Å². The molecule has 68 heavy (non-hydrogen) atoms. The summed E-state index contributed by atoms with van der Waals surface area (Å²) in [6.45, 7) is 28.7. The molecule has 4 heteroatoms. The molecular formula is C64H76N2Si2. The van der Waals surface area contributed by atoms with Crippen molar-refractivity contribution in [1.82, 2.24) is 0 Å². The van der Waals surface area contributed by atoms with Crippen molar-refractivity contribution in [2.45, 2.75) is 155 Å². The van der Waals surface area contributed by atoms with Crippen molar-refractivity contribution >= 4 is 93.0 Å². The van der Waals surface area contributed by atoms with Gasteiger partial charge < -0.3 is 9.80 Å². The highest BCUT2D eigenvalue weighted by atomic mass is 28.3. The van der Waals surface area contributed by atoms with Gasteiger partial charge in [-0.1, -0.05) is 190 Å². The van der Waals surface area contributed by atoms with Crippen LogP contribution in [0.5, 0.6) is 0 Å². The Hall–Kier alpha value is -5.17. The Labute approximate surface area is 411 Å². The van der Waals surface area contributed by atoms with Crippen LogP contribution in [0.2, 0.25) is 39.3 Å². The molecule has 0 amide bonds.